The highest BCUT2D eigenvalue weighted by Gasteiger charge is 2.30. The number of rotatable bonds is 5. The molecule has 1 atom stereocenters. The average Bonchev–Trinajstić information content (AvgIpc) is 3.44. The number of oxazole rings is 1. The van der Waals surface area contributed by atoms with Gasteiger partial charge in [0.25, 0.3) is 5.89 Å². The van der Waals surface area contributed by atoms with Crippen molar-refractivity contribution in [3.05, 3.63) is 58.9 Å². The van der Waals surface area contributed by atoms with E-state index in [1.807, 2.05) is 36.1 Å². The first-order chi connectivity index (χ1) is 14.6. The highest BCUT2D eigenvalue weighted by molar-refractivity contribution is 6.31. The summed E-state index contributed by atoms with van der Waals surface area (Å²) in [5.41, 5.74) is 1.12. The first-order valence-electron chi connectivity index (χ1n) is 9.81. The van der Waals surface area contributed by atoms with Gasteiger partial charge in [0.15, 0.2) is 5.76 Å². The van der Waals surface area contributed by atoms with Crippen LogP contribution in [0.4, 0.5) is 5.88 Å². The molecule has 30 heavy (non-hydrogen) atoms. The lowest BCUT2D eigenvalue weighted by atomic mass is 9.95. The third-order valence-corrected chi connectivity index (χ3v) is 5.67. The van der Waals surface area contributed by atoms with E-state index in [1.54, 1.807) is 12.1 Å². The van der Waals surface area contributed by atoms with Crippen molar-refractivity contribution in [3.63, 3.8) is 0 Å². The van der Waals surface area contributed by atoms with Gasteiger partial charge in [0.05, 0.1) is 12.3 Å². The van der Waals surface area contributed by atoms with Crippen LogP contribution in [0, 0.1) is 17.2 Å². The van der Waals surface area contributed by atoms with E-state index in [2.05, 4.69) is 16.4 Å². The fourth-order valence-electron chi connectivity index (χ4n) is 3.68. The lowest BCUT2D eigenvalue weighted by Gasteiger charge is -2.31. The summed E-state index contributed by atoms with van der Waals surface area (Å²) in [5, 5.41) is 13.1. The van der Waals surface area contributed by atoms with Crippen molar-refractivity contribution < 1.29 is 13.6 Å². The van der Waals surface area contributed by atoms with E-state index in [1.165, 1.54) is 6.26 Å². The highest BCUT2D eigenvalue weighted by Crippen LogP contribution is 2.31. The Bertz CT molecular complexity index is 1060. The van der Waals surface area contributed by atoms with Gasteiger partial charge in [-0.25, -0.2) is 0 Å². The van der Waals surface area contributed by atoms with E-state index in [0.717, 1.165) is 5.56 Å². The smallest absolute Gasteiger partial charge is 0.266 e. The zero-order chi connectivity index (χ0) is 21.1. The number of aromatic nitrogens is 1. The number of carbonyl (C=O) groups excluding carboxylic acids is 1. The number of furan rings is 1. The summed E-state index contributed by atoms with van der Waals surface area (Å²) in [4.78, 5) is 18.9. The Morgan fingerprint density at radius 1 is 1.30 bits per heavy atom. The van der Waals surface area contributed by atoms with Crippen molar-refractivity contribution in [3.8, 4) is 17.7 Å². The molecule has 7 nitrogen and oxygen atoms in total. The molecule has 0 aliphatic carbocycles. The highest BCUT2D eigenvalue weighted by atomic mass is 35.5. The van der Waals surface area contributed by atoms with Gasteiger partial charge >= 0.3 is 0 Å². The van der Waals surface area contributed by atoms with Gasteiger partial charge in [0, 0.05) is 24.0 Å². The van der Waals surface area contributed by atoms with Crippen LogP contribution in [-0.2, 0) is 4.79 Å². The minimum atomic E-state index is -0.167. The van der Waals surface area contributed by atoms with Crippen molar-refractivity contribution >= 4 is 23.4 Å². The van der Waals surface area contributed by atoms with Gasteiger partial charge in [-0.2, -0.15) is 10.2 Å². The van der Waals surface area contributed by atoms with Gasteiger partial charge in [-0.1, -0.05) is 29.8 Å². The van der Waals surface area contributed by atoms with Crippen molar-refractivity contribution in [1.82, 2.24) is 10.3 Å². The molecular formula is C22H21ClN4O3. The predicted molar refractivity (Wildman–Crippen MR) is 112 cm³/mol. The fourth-order valence-corrected chi connectivity index (χ4v) is 3.98. The van der Waals surface area contributed by atoms with Gasteiger partial charge in [0.2, 0.25) is 17.5 Å². The zero-order valence-electron chi connectivity index (χ0n) is 16.5. The van der Waals surface area contributed by atoms with E-state index in [-0.39, 0.29) is 29.5 Å². The Morgan fingerprint density at radius 2 is 2.07 bits per heavy atom. The van der Waals surface area contributed by atoms with E-state index in [0.29, 0.717) is 42.6 Å². The molecule has 154 valence electrons. The number of halogens is 1. The number of nitrogens with one attached hydrogen (secondary N) is 1. The summed E-state index contributed by atoms with van der Waals surface area (Å²) >= 11 is 6.24. The fraction of sp³-hybridized carbons (Fsp3) is 0.318. The maximum atomic E-state index is 12.7. The summed E-state index contributed by atoms with van der Waals surface area (Å²) in [6.45, 7) is 3.12. The van der Waals surface area contributed by atoms with Crippen molar-refractivity contribution in [2.24, 2.45) is 5.92 Å². The quantitative estimate of drug-likeness (QED) is 0.645. The molecule has 2 aromatic heterocycles. The largest absolute Gasteiger partial charge is 0.459 e. The Labute approximate surface area is 179 Å². The molecule has 1 unspecified atom stereocenters. The molecule has 1 aliphatic heterocycles. The number of anilines is 1. The lowest BCUT2D eigenvalue weighted by molar-refractivity contribution is -0.126. The summed E-state index contributed by atoms with van der Waals surface area (Å²) in [6, 6.07) is 12.9. The second-order valence-corrected chi connectivity index (χ2v) is 7.68. The zero-order valence-corrected chi connectivity index (χ0v) is 17.2. The van der Waals surface area contributed by atoms with Crippen LogP contribution in [0.1, 0.15) is 37.1 Å². The van der Waals surface area contributed by atoms with Crippen LogP contribution in [0.5, 0.6) is 0 Å². The topological polar surface area (TPSA) is 95.3 Å². The molecule has 1 aliphatic rings. The first kappa shape index (κ1) is 20.0. The SMILES string of the molecule is CC(NC(=O)C1CCN(c2oc(-c3ccco3)nc2C#N)CC1)c1ccccc1Cl. The molecule has 3 heterocycles. The third-order valence-electron chi connectivity index (χ3n) is 5.33. The molecule has 0 spiro atoms. The normalized spacial score (nSPS) is 15.6. The van der Waals surface area contributed by atoms with Crippen molar-refractivity contribution in [2.45, 2.75) is 25.8 Å². The molecule has 1 aromatic carbocycles. The maximum Gasteiger partial charge on any atom is 0.266 e. The first-order valence-corrected chi connectivity index (χ1v) is 10.2. The Kier molecular flexibility index (Phi) is 5.77. The molecule has 1 fully saturated rings. The monoisotopic (exact) mass is 424 g/mol. The second kappa shape index (κ2) is 8.64. The standard InChI is InChI=1S/C22H21ClN4O3/c1-14(16-5-2-3-6-17(16)23)25-20(28)15-8-10-27(11-9-15)22-18(13-24)26-21(30-22)19-7-4-12-29-19/h2-7,12,14-15H,8-11H2,1H3,(H,25,28). The molecule has 8 heteroatoms. The number of amides is 1. The summed E-state index contributed by atoms with van der Waals surface area (Å²) in [5.74, 6) is 1.08. The van der Waals surface area contributed by atoms with Crippen LogP contribution in [-0.4, -0.2) is 24.0 Å². The Balaban J connectivity index is 1.39. The number of hydrogen-bond donors (Lipinski definition) is 1. The molecular weight excluding hydrogens is 404 g/mol. The summed E-state index contributed by atoms with van der Waals surface area (Å²) in [6.07, 6.45) is 2.84. The van der Waals surface area contributed by atoms with E-state index >= 15 is 0 Å². The summed E-state index contributed by atoms with van der Waals surface area (Å²) in [7, 11) is 0. The number of nitriles is 1. The average molecular weight is 425 g/mol. The number of nitrogens with zero attached hydrogens (tertiary/aromatic N) is 3. The minimum absolute atomic E-state index is 0.0106. The van der Waals surface area contributed by atoms with Crippen molar-refractivity contribution in [1.29, 1.82) is 5.26 Å². The molecule has 1 saturated heterocycles. The number of carbonyl (C=O) groups is 1. The molecule has 0 radical (unpaired) electrons. The molecule has 3 aromatic rings. The number of piperidine rings is 1. The van der Waals surface area contributed by atoms with Gasteiger partial charge < -0.3 is 19.1 Å². The van der Waals surface area contributed by atoms with Gasteiger partial charge in [-0.05, 0) is 43.5 Å². The van der Waals surface area contributed by atoms with Crippen LogP contribution < -0.4 is 10.2 Å². The molecule has 4 rings (SSSR count). The maximum absolute atomic E-state index is 12.7. The van der Waals surface area contributed by atoms with Crippen LogP contribution in [0.2, 0.25) is 5.02 Å². The van der Waals surface area contributed by atoms with Gasteiger partial charge in [-0.15, -0.1) is 0 Å². The minimum Gasteiger partial charge on any atom is -0.459 e. The Hall–Kier alpha value is -3.24. The van der Waals surface area contributed by atoms with Crippen molar-refractivity contribution in [2.75, 3.05) is 18.0 Å². The molecule has 1 amide bonds. The number of hydrogen-bond acceptors (Lipinski definition) is 6. The lowest BCUT2D eigenvalue weighted by Crippen LogP contribution is -2.41. The summed E-state index contributed by atoms with van der Waals surface area (Å²) < 4.78 is 11.1. The van der Waals surface area contributed by atoms with Crippen LogP contribution in [0.15, 0.2) is 51.5 Å². The van der Waals surface area contributed by atoms with Gasteiger partial charge in [-0.3, -0.25) is 4.79 Å². The van der Waals surface area contributed by atoms with Gasteiger partial charge in [0.1, 0.15) is 6.07 Å². The van der Waals surface area contributed by atoms with Crippen LogP contribution in [0.3, 0.4) is 0 Å². The second-order valence-electron chi connectivity index (χ2n) is 7.27. The van der Waals surface area contributed by atoms with E-state index in [9.17, 15) is 10.1 Å². The molecule has 1 N–H and O–H groups in total. The third kappa shape index (κ3) is 4.05. The molecule has 0 saturated carbocycles. The molecule has 0 bridgehead atoms. The predicted octanol–water partition coefficient (Wildman–Crippen LogP) is 4.55. The van der Waals surface area contributed by atoms with Crippen LogP contribution in [0.25, 0.3) is 11.7 Å². The van der Waals surface area contributed by atoms with E-state index < -0.39 is 0 Å². The van der Waals surface area contributed by atoms with E-state index in [4.69, 9.17) is 20.4 Å². The Morgan fingerprint density at radius 3 is 2.73 bits per heavy atom. The number of benzene rings is 1. The van der Waals surface area contributed by atoms with Crippen LogP contribution >= 0.6 is 11.6 Å².